The first-order valence-electron chi connectivity index (χ1n) is 13.5. The Morgan fingerprint density at radius 3 is 2.61 bits per heavy atom. The minimum Gasteiger partial charge on any atom is -0.444 e. The number of ether oxygens (including phenoxy) is 2. The fourth-order valence-corrected chi connectivity index (χ4v) is 6.75. The molecule has 190 valence electrons. The molecule has 3 aliphatic heterocycles. The highest BCUT2D eigenvalue weighted by molar-refractivity contribution is 5.68. The Labute approximate surface area is 201 Å². The molecule has 0 aromatic heterocycles. The van der Waals surface area contributed by atoms with Crippen LogP contribution >= 0.6 is 0 Å². The average Bonchev–Trinajstić information content (AvgIpc) is 3.02. The van der Waals surface area contributed by atoms with E-state index >= 15 is 0 Å². The number of nitrogens with zero attached hydrogens (tertiary/aromatic N) is 3. The van der Waals surface area contributed by atoms with E-state index in [-0.39, 0.29) is 6.09 Å². The molecule has 4 fully saturated rings. The summed E-state index contributed by atoms with van der Waals surface area (Å²) in [5.74, 6) is 1.36. The average molecular weight is 465 g/mol. The molecule has 1 amide bonds. The number of piperidine rings is 2. The van der Waals surface area contributed by atoms with Gasteiger partial charge in [-0.3, -0.25) is 4.90 Å². The maximum Gasteiger partial charge on any atom is 0.410 e. The van der Waals surface area contributed by atoms with Crippen LogP contribution in [0, 0.1) is 11.8 Å². The summed E-state index contributed by atoms with van der Waals surface area (Å²) in [6.45, 7) is 14.3. The van der Waals surface area contributed by atoms with Crippen molar-refractivity contribution in [3.8, 4) is 0 Å². The number of amides is 1. The van der Waals surface area contributed by atoms with Gasteiger partial charge < -0.3 is 24.6 Å². The van der Waals surface area contributed by atoms with Crippen molar-refractivity contribution in [1.82, 2.24) is 20.0 Å². The molecule has 0 spiro atoms. The lowest BCUT2D eigenvalue weighted by atomic mass is 9.74. The third kappa shape index (κ3) is 6.62. The molecule has 0 aromatic rings. The maximum absolute atomic E-state index is 12.6. The molecular formula is C26H48N4O3. The van der Waals surface area contributed by atoms with Gasteiger partial charge >= 0.3 is 6.09 Å². The fourth-order valence-electron chi connectivity index (χ4n) is 6.75. The van der Waals surface area contributed by atoms with Gasteiger partial charge in [0.1, 0.15) is 5.60 Å². The van der Waals surface area contributed by atoms with E-state index in [4.69, 9.17) is 9.47 Å². The van der Waals surface area contributed by atoms with Crippen molar-refractivity contribution in [2.24, 2.45) is 11.8 Å². The van der Waals surface area contributed by atoms with Crippen LogP contribution in [-0.4, -0.2) is 104 Å². The number of likely N-dealkylation sites (tertiary alicyclic amines) is 1. The van der Waals surface area contributed by atoms with Gasteiger partial charge in [0, 0.05) is 45.9 Å². The number of fused-ring (bicyclic) bond motifs is 1. The fraction of sp³-hybridized carbons (Fsp3) is 0.962. The van der Waals surface area contributed by atoms with Crippen LogP contribution in [0.1, 0.15) is 65.7 Å². The van der Waals surface area contributed by atoms with Crippen LogP contribution in [0.15, 0.2) is 0 Å². The highest BCUT2D eigenvalue weighted by atomic mass is 16.6. The quantitative estimate of drug-likeness (QED) is 0.690. The van der Waals surface area contributed by atoms with E-state index in [2.05, 4.69) is 15.1 Å². The number of nitrogens with one attached hydrogen (secondary N) is 1. The van der Waals surface area contributed by atoms with Crippen molar-refractivity contribution in [3.63, 3.8) is 0 Å². The predicted molar refractivity (Wildman–Crippen MR) is 131 cm³/mol. The van der Waals surface area contributed by atoms with Gasteiger partial charge in [0.2, 0.25) is 0 Å². The summed E-state index contributed by atoms with van der Waals surface area (Å²) in [5, 5.41) is 3.88. The monoisotopic (exact) mass is 464 g/mol. The molecule has 1 aliphatic carbocycles. The van der Waals surface area contributed by atoms with Crippen molar-refractivity contribution in [1.29, 1.82) is 0 Å². The number of rotatable bonds is 4. The first-order valence-corrected chi connectivity index (χ1v) is 13.5. The number of methoxy groups -OCH3 is 1. The van der Waals surface area contributed by atoms with E-state index in [1.54, 1.807) is 0 Å². The smallest absolute Gasteiger partial charge is 0.410 e. The molecule has 3 heterocycles. The highest BCUT2D eigenvalue weighted by Gasteiger charge is 2.43. The number of carbonyl (C=O) groups is 1. The van der Waals surface area contributed by atoms with Gasteiger partial charge in [-0.25, -0.2) is 4.79 Å². The molecule has 1 N–H and O–H groups in total. The lowest BCUT2D eigenvalue weighted by Gasteiger charge is -2.49. The van der Waals surface area contributed by atoms with Crippen molar-refractivity contribution >= 4 is 6.09 Å². The Bertz CT molecular complexity index is 640. The predicted octanol–water partition coefficient (Wildman–Crippen LogP) is 3.19. The normalized spacial score (nSPS) is 35.0. The molecule has 4 rings (SSSR count). The highest BCUT2D eigenvalue weighted by Crippen LogP contribution is 2.35. The van der Waals surface area contributed by atoms with E-state index in [9.17, 15) is 4.79 Å². The maximum atomic E-state index is 12.6. The zero-order valence-corrected chi connectivity index (χ0v) is 21.6. The third-order valence-corrected chi connectivity index (χ3v) is 8.25. The summed E-state index contributed by atoms with van der Waals surface area (Å²) < 4.78 is 11.6. The van der Waals surface area contributed by atoms with Gasteiger partial charge in [-0.1, -0.05) is 0 Å². The molecule has 33 heavy (non-hydrogen) atoms. The van der Waals surface area contributed by atoms with Crippen LogP contribution < -0.4 is 5.32 Å². The summed E-state index contributed by atoms with van der Waals surface area (Å²) in [6.07, 6.45) is 8.91. The number of hydrogen-bond donors (Lipinski definition) is 1. The Hall–Kier alpha value is -0.890. The second-order valence-corrected chi connectivity index (χ2v) is 11.8. The van der Waals surface area contributed by atoms with Crippen LogP contribution in [-0.2, 0) is 9.47 Å². The van der Waals surface area contributed by atoms with Gasteiger partial charge in [0.05, 0.1) is 12.1 Å². The van der Waals surface area contributed by atoms with Crippen molar-refractivity contribution in [3.05, 3.63) is 0 Å². The Morgan fingerprint density at radius 1 is 0.970 bits per heavy atom. The molecule has 3 saturated heterocycles. The van der Waals surface area contributed by atoms with E-state index in [1.165, 1.54) is 45.1 Å². The first-order chi connectivity index (χ1) is 15.8. The summed E-state index contributed by atoms with van der Waals surface area (Å²) >= 11 is 0. The summed E-state index contributed by atoms with van der Waals surface area (Å²) in [5.41, 5.74) is -0.427. The van der Waals surface area contributed by atoms with Crippen LogP contribution in [0.2, 0.25) is 0 Å². The SMILES string of the molecule is COC1CCC2CCCNC2C1N1CCCN(CC2CCCN(C(=O)OC(C)(C)C)C2)CC1. The first kappa shape index (κ1) is 25.2. The summed E-state index contributed by atoms with van der Waals surface area (Å²) in [4.78, 5) is 19.9. The third-order valence-electron chi connectivity index (χ3n) is 8.25. The lowest BCUT2D eigenvalue weighted by molar-refractivity contribution is -0.0490. The molecule has 7 heteroatoms. The van der Waals surface area contributed by atoms with Crippen molar-refractivity contribution in [2.45, 2.75) is 89.5 Å². The number of carbonyl (C=O) groups excluding carboxylic acids is 1. The van der Waals surface area contributed by atoms with E-state index in [0.29, 0.717) is 24.1 Å². The molecule has 1 saturated carbocycles. The summed E-state index contributed by atoms with van der Waals surface area (Å²) in [6, 6.07) is 1.09. The summed E-state index contributed by atoms with van der Waals surface area (Å²) in [7, 11) is 1.91. The minimum absolute atomic E-state index is 0.147. The molecule has 0 bridgehead atoms. The van der Waals surface area contributed by atoms with Gasteiger partial charge in [0.15, 0.2) is 0 Å². The standard InChI is InChI=1S/C26H48N4O3/c1-26(2,3)33-25(31)30-14-6-8-20(19-30)18-28-13-7-15-29(17-16-28)24-22(32-4)11-10-21-9-5-12-27-23(21)24/h20-24,27H,5-19H2,1-4H3. The van der Waals surface area contributed by atoms with Gasteiger partial charge in [-0.2, -0.15) is 0 Å². The van der Waals surface area contributed by atoms with Gasteiger partial charge in [-0.05, 0) is 97.2 Å². The second kappa shape index (κ2) is 11.2. The Morgan fingerprint density at radius 2 is 1.82 bits per heavy atom. The van der Waals surface area contributed by atoms with Crippen LogP contribution in [0.3, 0.4) is 0 Å². The van der Waals surface area contributed by atoms with Crippen LogP contribution in [0.4, 0.5) is 4.79 Å². The topological polar surface area (TPSA) is 57.3 Å². The molecule has 0 aromatic carbocycles. The number of hydrogen-bond acceptors (Lipinski definition) is 6. The lowest BCUT2D eigenvalue weighted by Crippen LogP contribution is -2.63. The van der Waals surface area contributed by atoms with Gasteiger partial charge in [-0.15, -0.1) is 0 Å². The van der Waals surface area contributed by atoms with Crippen LogP contribution in [0.25, 0.3) is 0 Å². The van der Waals surface area contributed by atoms with E-state index in [0.717, 1.165) is 58.2 Å². The van der Waals surface area contributed by atoms with E-state index < -0.39 is 5.60 Å². The zero-order chi connectivity index (χ0) is 23.4. The van der Waals surface area contributed by atoms with Crippen molar-refractivity contribution < 1.29 is 14.3 Å². The molecule has 5 atom stereocenters. The molecule has 7 nitrogen and oxygen atoms in total. The van der Waals surface area contributed by atoms with Gasteiger partial charge in [0.25, 0.3) is 0 Å². The largest absolute Gasteiger partial charge is 0.444 e. The van der Waals surface area contributed by atoms with E-state index in [1.807, 2.05) is 32.8 Å². The zero-order valence-electron chi connectivity index (χ0n) is 21.6. The molecule has 5 unspecified atom stereocenters. The molecule has 0 radical (unpaired) electrons. The Balaban J connectivity index is 1.31. The van der Waals surface area contributed by atoms with Crippen LogP contribution in [0.5, 0.6) is 0 Å². The molecule has 4 aliphatic rings. The minimum atomic E-state index is -0.427. The molecular weight excluding hydrogens is 416 g/mol. The second-order valence-electron chi connectivity index (χ2n) is 11.8. The Kier molecular flexibility index (Phi) is 8.58. The van der Waals surface area contributed by atoms with Crippen molar-refractivity contribution in [2.75, 3.05) is 59.5 Å².